The number of esters is 1. The third kappa shape index (κ3) is 5.12. The van der Waals surface area contributed by atoms with Crippen molar-refractivity contribution >= 4 is 5.97 Å². The molecule has 1 heterocycles. The maximum absolute atomic E-state index is 12.0. The molecular formula is C16H23NO4. The maximum Gasteiger partial charge on any atom is 0.323 e. The second kappa shape index (κ2) is 8.77. The average Bonchev–Trinajstić information content (AvgIpc) is 2.53. The molecule has 0 aliphatic carbocycles. The van der Waals surface area contributed by atoms with E-state index < -0.39 is 0 Å². The van der Waals surface area contributed by atoms with Crippen molar-refractivity contribution in [3.63, 3.8) is 0 Å². The molecule has 1 aromatic rings. The Hall–Kier alpha value is -1.43. The van der Waals surface area contributed by atoms with Gasteiger partial charge in [-0.2, -0.15) is 0 Å². The van der Waals surface area contributed by atoms with Crippen molar-refractivity contribution in [2.45, 2.75) is 25.4 Å². The monoisotopic (exact) mass is 293 g/mol. The second-order valence-corrected chi connectivity index (χ2v) is 5.03. The van der Waals surface area contributed by atoms with Gasteiger partial charge in [-0.15, -0.1) is 0 Å². The number of benzene rings is 1. The summed E-state index contributed by atoms with van der Waals surface area (Å²) >= 11 is 0. The summed E-state index contributed by atoms with van der Waals surface area (Å²) in [5.74, 6) is -0.179. The molecule has 0 unspecified atom stereocenters. The third-order valence-electron chi connectivity index (χ3n) is 3.47. The fourth-order valence-electron chi connectivity index (χ4n) is 2.30. The topological polar surface area (TPSA) is 56.8 Å². The number of nitrogens with one attached hydrogen (secondary N) is 1. The predicted molar refractivity (Wildman–Crippen MR) is 79.0 cm³/mol. The largest absolute Gasteiger partial charge is 0.464 e. The Labute approximate surface area is 125 Å². The molecule has 1 aromatic carbocycles. The quantitative estimate of drug-likeness (QED) is 0.578. The Kier molecular flexibility index (Phi) is 6.66. The molecule has 5 nitrogen and oxygen atoms in total. The fourth-order valence-corrected chi connectivity index (χ4v) is 2.30. The lowest BCUT2D eigenvalue weighted by Gasteiger charge is -2.24. The summed E-state index contributed by atoms with van der Waals surface area (Å²) in [6, 6.07) is 7.93. The van der Waals surface area contributed by atoms with Crippen molar-refractivity contribution in [3.8, 4) is 0 Å². The molecule has 5 heteroatoms. The Bertz CT molecular complexity index is 450. The van der Waals surface area contributed by atoms with E-state index in [1.807, 2.05) is 12.1 Å². The molecule has 0 spiro atoms. The van der Waals surface area contributed by atoms with Crippen molar-refractivity contribution in [2.75, 3.05) is 33.5 Å². The number of hydrogen-bond acceptors (Lipinski definition) is 5. The molecule has 1 atom stereocenters. The van der Waals surface area contributed by atoms with E-state index >= 15 is 0 Å². The summed E-state index contributed by atoms with van der Waals surface area (Å²) in [5, 5.41) is 3.22. The number of carbonyl (C=O) groups excluding carboxylic acids is 1. The summed E-state index contributed by atoms with van der Waals surface area (Å²) in [4.78, 5) is 12.0. The zero-order valence-corrected chi connectivity index (χ0v) is 12.5. The number of rotatable bonds is 8. The molecule has 2 rings (SSSR count). The van der Waals surface area contributed by atoms with Crippen LogP contribution >= 0.6 is 0 Å². The van der Waals surface area contributed by atoms with Crippen molar-refractivity contribution in [2.24, 2.45) is 0 Å². The molecule has 1 aliphatic rings. The van der Waals surface area contributed by atoms with Crippen LogP contribution < -0.4 is 5.32 Å². The highest BCUT2D eigenvalue weighted by Gasteiger charge is 2.24. The highest BCUT2D eigenvalue weighted by atomic mass is 16.5. The molecule has 0 aromatic heterocycles. The molecule has 0 saturated carbocycles. The third-order valence-corrected chi connectivity index (χ3v) is 3.47. The molecule has 21 heavy (non-hydrogen) atoms. The van der Waals surface area contributed by atoms with E-state index in [9.17, 15) is 4.79 Å². The minimum atomic E-state index is -0.241. The van der Waals surface area contributed by atoms with Crippen molar-refractivity contribution in [3.05, 3.63) is 35.4 Å². The van der Waals surface area contributed by atoms with Gasteiger partial charge in [-0.05, 0) is 17.5 Å². The molecule has 0 amide bonds. The van der Waals surface area contributed by atoms with Gasteiger partial charge < -0.3 is 19.5 Å². The van der Waals surface area contributed by atoms with Gasteiger partial charge in [-0.1, -0.05) is 24.3 Å². The van der Waals surface area contributed by atoms with E-state index in [0.29, 0.717) is 39.3 Å². The number of fused-ring (bicyclic) bond motifs is 1. The van der Waals surface area contributed by atoms with E-state index in [2.05, 4.69) is 17.4 Å². The first-order chi connectivity index (χ1) is 10.3. The van der Waals surface area contributed by atoms with E-state index in [4.69, 9.17) is 14.2 Å². The molecule has 0 fully saturated rings. The van der Waals surface area contributed by atoms with Crippen molar-refractivity contribution in [1.82, 2.24) is 5.32 Å². The van der Waals surface area contributed by atoms with Gasteiger partial charge in [0, 0.05) is 26.7 Å². The lowest BCUT2D eigenvalue weighted by atomic mass is 9.96. The highest BCUT2D eigenvalue weighted by molar-refractivity contribution is 5.76. The first-order valence-corrected chi connectivity index (χ1v) is 7.34. The van der Waals surface area contributed by atoms with Gasteiger partial charge in [-0.25, -0.2) is 0 Å². The van der Waals surface area contributed by atoms with E-state index in [1.54, 1.807) is 7.11 Å². The standard InChI is InChI=1S/C16H23NO4/c1-19-9-10-20-7-4-8-21-16(18)15-11-13-5-2-3-6-14(13)12-17-15/h2-3,5-6,15,17H,4,7-12H2,1H3/t15-/m0/s1. The Balaban J connectivity index is 1.64. The molecule has 1 aliphatic heterocycles. The van der Waals surface area contributed by atoms with Gasteiger partial charge >= 0.3 is 5.97 Å². The lowest BCUT2D eigenvalue weighted by molar-refractivity contribution is -0.146. The zero-order valence-electron chi connectivity index (χ0n) is 12.5. The van der Waals surface area contributed by atoms with Gasteiger partial charge in [0.1, 0.15) is 6.04 Å². The smallest absolute Gasteiger partial charge is 0.323 e. The average molecular weight is 293 g/mol. The predicted octanol–water partition coefficient (Wildman–Crippen LogP) is 1.30. The first kappa shape index (κ1) is 15.9. The number of carbonyl (C=O) groups is 1. The van der Waals surface area contributed by atoms with Crippen LogP contribution in [0.4, 0.5) is 0 Å². The van der Waals surface area contributed by atoms with E-state index in [0.717, 1.165) is 6.54 Å². The Morgan fingerprint density at radius 2 is 2.00 bits per heavy atom. The van der Waals surface area contributed by atoms with Crippen LogP contribution in [0.2, 0.25) is 0 Å². The van der Waals surface area contributed by atoms with Crippen LogP contribution in [-0.2, 0) is 32.0 Å². The van der Waals surface area contributed by atoms with Crippen LogP contribution in [0.3, 0.4) is 0 Å². The second-order valence-electron chi connectivity index (χ2n) is 5.03. The molecule has 116 valence electrons. The Morgan fingerprint density at radius 3 is 2.81 bits per heavy atom. The van der Waals surface area contributed by atoms with E-state index in [1.165, 1.54) is 11.1 Å². The summed E-state index contributed by atoms with van der Waals surface area (Å²) < 4.78 is 15.5. The van der Waals surface area contributed by atoms with Crippen LogP contribution in [0.1, 0.15) is 17.5 Å². The van der Waals surface area contributed by atoms with Crippen LogP contribution in [0.5, 0.6) is 0 Å². The summed E-state index contributed by atoms with van der Waals surface area (Å²) in [6.07, 6.45) is 1.40. The maximum atomic E-state index is 12.0. The van der Waals surface area contributed by atoms with E-state index in [-0.39, 0.29) is 12.0 Å². The first-order valence-electron chi connectivity index (χ1n) is 7.34. The lowest BCUT2D eigenvalue weighted by Crippen LogP contribution is -2.42. The number of hydrogen-bond donors (Lipinski definition) is 1. The SMILES string of the molecule is COCCOCCCOC(=O)[C@@H]1Cc2ccccc2CN1. The summed E-state index contributed by atoms with van der Waals surface area (Å²) in [7, 11) is 1.64. The molecular weight excluding hydrogens is 270 g/mol. The van der Waals surface area contributed by atoms with Crippen LogP contribution in [0, 0.1) is 0 Å². The van der Waals surface area contributed by atoms with Crippen LogP contribution in [0.25, 0.3) is 0 Å². The Morgan fingerprint density at radius 1 is 1.19 bits per heavy atom. The summed E-state index contributed by atoms with van der Waals surface area (Å²) in [6.45, 7) is 2.86. The zero-order chi connectivity index (χ0) is 14.9. The minimum Gasteiger partial charge on any atom is -0.464 e. The minimum absolute atomic E-state index is 0.179. The van der Waals surface area contributed by atoms with Crippen LogP contribution in [-0.4, -0.2) is 45.5 Å². The number of methoxy groups -OCH3 is 1. The molecule has 0 radical (unpaired) electrons. The van der Waals surface area contributed by atoms with Crippen molar-refractivity contribution in [1.29, 1.82) is 0 Å². The normalized spacial score (nSPS) is 17.3. The van der Waals surface area contributed by atoms with Gasteiger partial charge in [0.2, 0.25) is 0 Å². The molecule has 1 N–H and O–H groups in total. The van der Waals surface area contributed by atoms with Gasteiger partial charge in [0.25, 0.3) is 0 Å². The molecule has 0 bridgehead atoms. The summed E-state index contributed by atoms with van der Waals surface area (Å²) in [5.41, 5.74) is 2.48. The van der Waals surface area contributed by atoms with Crippen LogP contribution in [0.15, 0.2) is 24.3 Å². The van der Waals surface area contributed by atoms with Gasteiger partial charge in [-0.3, -0.25) is 4.79 Å². The fraction of sp³-hybridized carbons (Fsp3) is 0.562. The highest BCUT2D eigenvalue weighted by Crippen LogP contribution is 2.16. The van der Waals surface area contributed by atoms with Gasteiger partial charge in [0.05, 0.1) is 19.8 Å². The van der Waals surface area contributed by atoms with Crippen molar-refractivity contribution < 1.29 is 19.0 Å². The van der Waals surface area contributed by atoms with Gasteiger partial charge in [0.15, 0.2) is 0 Å². The number of ether oxygens (including phenoxy) is 3. The molecule has 0 saturated heterocycles.